The number of nitrogens with one attached hydrogen (secondary N) is 1. The van der Waals surface area contributed by atoms with E-state index in [1.54, 1.807) is 6.92 Å². The Labute approximate surface area is 114 Å². The third-order valence-corrected chi connectivity index (χ3v) is 3.30. The van der Waals surface area contributed by atoms with Gasteiger partial charge in [-0.15, -0.1) is 0 Å². The fourth-order valence-corrected chi connectivity index (χ4v) is 2.30. The highest BCUT2D eigenvalue weighted by Crippen LogP contribution is 2.35. The SMILES string of the molecule is CC(O)(CO)CNCc1ccc2c(c1)CC(C)(C)O2. The van der Waals surface area contributed by atoms with E-state index < -0.39 is 5.60 Å². The second-order valence-corrected chi connectivity index (χ2v) is 6.24. The monoisotopic (exact) mass is 265 g/mol. The van der Waals surface area contributed by atoms with Crippen LogP contribution in [0.15, 0.2) is 18.2 Å². The zero-order valence-corrected chi connectivity index (χ0v) is 11.9. The summed E-state index contributed by atoms with van der Waals surface area (Å²) in [4.78, 5) is 0. The van der Waals surface area contributed by atoms with E-state index in [4.69, 9.17) is 9.84 Å². The van der Waals surface area contributed by atoms with Gasteiger partial charge in [-0.05, 0) is 38.0 Å². The Morgan fingerprint density at radius 1 is 1.42 bits per heavy atom. The molecule has 106 valence electrons. The molecule has 0 fully saturated rings. The van der Waals surface area contributed by atoms with Crippen molar-refractivity contribution in [3.8, 4) is 5.75 Å². The van der Waals surface area contributed by atoms with Crippen LogP contribution >= 0.6 is 0 Å². The number of aliphatic hydroxyl groups excluding tert-OH is 1. The quantitative estimate of drug-likeness (QED) is 0.749. The fraction of sp³-hybridized carbons (Fsp3) is 0.600. The second-order valence-electron chi connectivity index (χ2n) is 6.24. The molecule has 0 aliphatic carbocycles. The van der Waals surface area contributed by atoms with E-state index in [0.29, 0.717) is 13.1 Å². The Bertz CT molecular complexity index is 455. The molecule has 1 aliphatic rings. The van der Waals surface area contributed by atoms with Crippen molar-refractivity contribution in [3.63, 3.8) is 0 Å². The van der Waals surface area contributed by atoms with E-state index in [-0.39, 0.29) is 12.2 Å². The Kier molecular flexibility index (Phi) is 3.85. The maximum atomic E-state index is 9.69. The second kappa shape index (κ2) is 5.12. The lowest BCUT2D eigenvalue weighted by Gasteiger charge is -2.20. The van der Waals surface area contributed by atoms with Gasteiger partial charge in [-0.25, -0.2) is 0 Å². The summed E-state index contributed by atoms with van der Waals surface area (Å²) in [6.07, 6.45) is 0.921. The Morgan fingerprint density at radius 2 is 2.16 bits per heavy atom. The van der Waals surface area contributed by atoms with Crippen molar-refractivity contribution in [2.45, 2.75) is 44.9 Å². The van der Waals surface area contributed by atoms with Crippen LogP contribution in [0.25, 0.3) is 0 Å². The van der Waals surface area contributed by atoms with Gasteiger partial charge in [0.25, 0.3) is 0 Å². The summed E-state index contributed by atoms with van der Waals surface area (Å²) in [6.45, 7) is 6.57. The third kappa shape index (κ3) is 3.69. The maximum absolute atomic E-state index is 9.69. The van der Waals surface area contributed by atoms with Crippen molar-refractivity contribution < 1.29 is 14.9 Å². The zero-order valence-electron chi connectivity index (χ0n) is 11.9. The van der Waals surface area contributed by atoms with Gasteiger partial charge in [-0.1, -0.05) is 12.1 Å². The minimum atomic E-state index is -1.07. The lowest BCUT2D eigenvalue weighted by Crippen LogP contribution is -2.40. The van der Waals surface area contributed by atoms with Gasteiger partial charge in [0.15, 0.2) is 0 Å². The molecule has 19 heavy (non-hydrogen) atoms. The van der Waals surface area contributed by atoms with Gasteiger partial charge in [0.1, 0.15) is 11.4 Å². The summed E-state index contributed by atoms with van der Waals surface area (Å²) in [5.74, 6) is 0.969. The highest BCUT2D eigenvalue weighted by Gasteiger charge is 2.29. The van der Waals surface area contributed by atoms with Gasteiger partial charge in [0.2, 0.25) is 0 Å². The average molecular weight is 265 g/mol. The van der Waals surface area contributed by atoms with Crippen LogP contribution in [-0.4, -0.2) is 34.6 Å². The van der Waals surface area contributed by atoms with Crippen LogP contribution in [0.5, 0.6) is 5.75 Å². The van der Waals surface area contributed by atoms with E-state index in [2.05, 4.69) is 25.2 Å². The molecule has 1 aromatic rings. The molecule has 0 radical (unpaired) electrons. The molecule has 4 heteroatoms. The van der Waals surface area contributed by atoms with E-state index in [1.165, 1.54) is 5.56 Å². The largest absolute Gasteiger partial charge is 0.487 e. The molecule has 4 nitrogen and oxygen atoms in total. The van der Waals surface area contributed by atoms with Crippen molar-refractivity contribution >= 4 is 0 Å². The van der Waals surface area contributed by atoms with Gasteiger partial charge in [-0.3, -0.25) is 0 Å². The smallest absolute Gasteiger partial charge is 0.123 e. The molecule has 0 amide bonds. The first-order chi connectivity index (χ1) is 8.81. The minimum absolute atomic E-state index is 0.116. The third-order valence-electron chi connectivity index (χ3n) is 3.30. The minimum Gasteiger partial charge on any atom is -0.487 e. The summed E-state index contributed by atoms with van der Waals surface area (Å²) in [5, 5.41) is 21.8. The van der Waals surface area contributed by atoms with E-state index in [9.17, 15) is 5.11 Å². The summed E-state index contributed by atoms with van der Waals surface area (Å²) < 4.78 is 5.83. The number of benzene rings is 1. The van der Waals surface area contributed by atoms with Crippen LogP contribution in [0.2, 0.25) is 0 Å². The molecule has 0 spiro atoms. The van der Waals surface area contributed by atoms with Crippen molar-refractivity contribution in [3.05, 3.63) is 29.3 Å². The molecule has 1 atom stereocenters. The van der Waals surface area contributed by atoms with Crippen molar-refractivity contribution in [2.75, 3.05) is 13.2 Å². The highest BCUT2D eigenvalue weighted by molar-refractivity contribution is 5.41. The first-order valence-corrected chi connectivity index (χ1v) is 6.66. The molecule has 1 aliphatic heterocycles. The van der Waals surface area contributed by atoms with Gasteiger partial charge >= 0.3 is 0 Å². The predicted molar refractivity (Wildman–Crippen MR) is 74.3 cm³/mol. The van der Waals surface area contributed by atoms with Crippen LogP contribution in [-0.2, 0) is 13.0 Å². The summed E-state index contributed by atoms with van der Waals surface area (Å²) in [5.41, 5.74) is 1.21. The van der Waals surface area contributed by atoms with Crippen LogP contribution < -0.4 is 10.1 Å². The van der Waals surface area contributed by atoms with Gasteiger partial charge < -0.3 is 20.3 Å². The zero-order chi connectivity index (χ0) is 14.1. The summed E-state index contributed by atoms with van der Waals surface area (Å²) in [7, 11) is 0. The van der Waals surface area contributed by atoms with Crippen LogP contribution in [0.4, 0.5) is 0 Å². The summed E-state index contributed by atoms with van der Waals surface area (Å²) >= 11 is 0. The molecule has 0 saturated carbocycles. The van der Waals surface area contributed by atoms with Crippen molar-refractivity contribution in [1.82, 2.24) is 5.32 Å². The average Bonchev–Trinajstić information content (AvgIpc) is 2.62. The Hall–Kier alpha value is -1.10. The van der Waals surface area contributed by atoms with E-state index in [0.717, 1.165) is 17.7 Å². The first-order valence-electron chi connectivity index (χ1n) is 6.66. The number of rotatable bonds is 5. The molecule has 0 bridgehead atoms. The van der Waals surface area contributed by atoms with Crippen LogP contribution in [0.1, 0.15) is 31.9 Å². The first kappa shape index (κ1) is 14.3. The molecule has 0 aromatic heterocycles. The van der Waals surface area contributed by atoms with Crippen LogP contribution in [0, 0.1) is 0 Å². The highest BCUT2D eigenvalue weighted by atomic mass is 16.5. The lowest BCUT2D eigenvalue weighted by molar-refractivity contribution is 0.00254. The normalized spacial score (nSPS) is 19.6. The molecule has 1 aromatic carbocycles. The molecule has 2 rings (SSSR count). The van der Waals surface area contributed by atoms with Crippen molar-refractivity contribution in [1.29, 1.82) is 0 Å². The van der Waals surface area contributed by atoms with Crippen LogP contribution in [0.3, 0.4) is 0 Å². The number of fused-ring (bicyclic) bond motifs is 1. The van der Waals surface area contributed by atoms with Gasteiger partial charge in [0.05, 0.1) is 12.2 Å². The molecule has 0 saturated heterocycles. The molecular formula is C15H23NO3. The Balaban J connectivity index is 1.94. The fourth-order valence-electron chi connectivity index (χ4n) is 2.30. The summed E-state index contributed by atoms with van der Waals surface area (Å²) in [6, 6.07) is 6.18. The number of ether oxygens (including phenoxy) is 1. The Morgan fingerprint density at radius 3 is 2.84 bits per heavy atom. The molecule has 1 unspecified atom stereocenters. The molecule has 3 N–H and O–H groups in total. The lowest BCUT2D eigenvalue weighted by atomic mass is 10.00. The predicted octanol–water partition coefficient (Wildman–Crippen LogP) is 1.23. The molecular weight excluding hydrogens is 242 g/mol. The van der Waals surface area contributed by atoms with Gasteiger partial charge in [0, 0.05) is 19.5 Å². The van der Waals surface area contributed by atoms with Gasteiger partial charge in [-0.2, -0.15) is 0 Å². The van der Waals surface area contributed by atoms with E-state index in [1.807, 2.05) is 12.1 Å². The number of aliphatic hydroxyl groups is 2. The standard InChI is InChI=1S/C15H23NO3/c1-14(2)7-12-6-11(4-5-13(12)19-14)8-16-9-15(3,18)10-17/h4-6,16-18H,7-10H2,1-3H3. The number of hydrogen-bond donors (Lipinski definition) is 3. The maximum Gasteiger partial charge on any atom is 0.123 e. The number of hydrogen-bond acceptors (Lipinski definition) is 4. The van der Waals surface area contributed by atoms with E-state index >= 15 is 0 Å². The molecule has 1 heterocycles. The van der Waals surface area contributed by atoms with Crippen molar-refractivity contribution in [2.24, 2.45) is 0 Å². The topological polar surface area (TPSA) is 61.7 Å².